The van der Waals surface area contributed by atoms with Crippen LogP contribution in [-0.2, 0) is 4.74 Å². The van der Waals surface area contributed by atoms with Gasteiger partial charge in [-0.15, -0.1) is 0 Å². The minimum Gasteiger partial charge on any atom is -0.379 e. The van der Waals surface area contributed by atoms with Crippen LogP contribution in [-0.4, -0.2) is 18.8 Å². The van der Waals surface area contributed by atoms with Crippen molar-refractivity contribution in [3.8, 4) is 0 Å². The molecule has 2 heteroatoms. The van der Waals surface area contributed by atoms with Gasteiger partial charge in [-0.1, -0.05) is 6.92 Å². The third-order valence-corrected chi connectivity index (χ3v) is 1.84. The second-order valence-corrected chi connectivity index (χ2v) is 2.52. The zero-order valence-corrected chi connectivity index (χ0v) is 5.31. The van der Waals surface area contributed by atoms with Crippen molar-refractivity contribution in [2.24, 2.45) is 5.73 Å². The second-order valence-electron chi connectivity index (χ2n) is 2.52. The van der Waals surface area contributed by atoms with Crippen LogP contribution in [0.5, 0.6) is 0 Å². The summed E-state index contributed by atoms with van der Waals surface area (Å²) >= 11 is 0. The van der Waals surface area contributed by atoms with Crippen LogP contribution >= 0.6 is 0 Å². The van der Waals surface area contributed by atoms with E-state index in [1.54, 1.807) is 0 Å². The van der Waals surface area contributed by atoms with E-state index in [0.717, 1.165) is 26.1 Å². The molecule has 0 unspecified atom stereocenters. The van der Waals surface area contributed by atoms with Crippen molar-refractivity contribution in [1.29, 1.82) is 0 Å². The molecule has 1 aliphatic rings. The highest BCUT2D eigenvalue weighted by atomic mass is 16.5. The number of hydrogen-bond donors (Lipinski definition) is 1. The molecule has 0 radical (unpaired) electrons. The van der Waals surface area contributed by atoms with Crippen LogP contribution in [0.15, 0.2) is 0 Å². The van der Waals surface area contributed by atoms with Gasteiger partial charge < -0.3 is 10.5 Å². The summed E-state index contributed by atoms with van der Waals surface area (Å²) in [6, 6.07) is 0. The molecule has 0 aromatic heterocycles. The summed E-state index contributed by atoms with van der Waals surface area (Å²) in [7, 11) is 0. The maximum Gasteiger partial charge on any atom is 0.0646 e. The minimum atomic E-state index is 0.0139. The monoisotopic (exact) mass is 115 g/mol. The molecule has 0 amide bonds. The zero-order valence-electron chi connectivity index (χ0n) is 5.31. The maximum atomic E-state index is 5.83. The van der Waals surface area contributed by atoms with Crippen LogP contribution in [0.4, 0.5) is 0 Å². The molecule has 1 aliphatic heterocycles. The first kappa shape index (κ1) is 6.05. The largest absolute Gasteiger partial charge is 0.379 e. The summed E-state index contributed by atoms with van der Waals surface area (Å²) in [5, 5.41) is 0. The molecule has 0 spiro atoms. The normalized spacial score (nSPS) is 38.2. The van der Waals surface area contributed by atoms with Crippen molar-refractivity contribution >= 4 is 0 Å². The van der Waals surface area contributed by atoms with Crippen molar-refractivity contribution in [2.75, 3.05) is 13.2 Å². The van der Waals surface area contributed by atoms with E-state index < -0.39 is 0 Å². The average Bonchev–Trinajstić information content (AvgIpc) is 2.17. The zero-order chi connectivity index (χ0) is 6.04. The van der Waals surface area contributed by atoms with Gasteiger partial charge in [0.1, 0.15) is 0 Å². The third kappa shape index (κ3) is 1.01. The second kappa shape index (κ2) is 2.03. The highest BCUT2D eigenvalue weighted by Crippen LogP contribution is 2.17. The highest BCUT2D eigenvalue weighted by molar-refractivity contribution is 4.85. The Bertz CT molecular complexity index is 76.6. The van der Waals surface area contributed by atoms with E-state index in [2.05, 4.69) is 6.92 Å². The van der Waals surface area contributed by atoms with E-state index in [9.17, 15) is 0 Å². The molecular weight excluding hydrogens is 102 g/mol. The fraction of sp³-hybridized carbons (Fsp3) is 1.00. The van der Waals surface area contributed by atoms with E-state index in [1.165, 1.54) is 0 Å². The summed E-state index contributed by atoms with van der Waals surface area (Å²) in [6.07, 6.45) is 2.07. The van der Waals surface area contributed by atoms with Crippen LogP contribution in [0.2, 0.25) is 0 Å². The molecule has 0 aromatic rings. The van der Waals surface area contributed by atoms with Crippen molar-refractivity contribution in [2.45, 2.75) is 25.3 Å². The Hall–Kier alpha value is -0.0800. The molecule has 1 fully saturated rings. The first-order valence-electron chi connectivity index (χ1n) is 3.13. The fourth-order valence-corrected chi connectivity index (χ4v) is 0.902. The Morgan fingerprint density at radius 2 is 2.50 bits per heavy atom. The van der Waals surface area contributed by atoms with Gasteiger partial charge in [0.15, 0.2) is 0 Å². The molecule has 48 valence electrons. The molecule has 0 aromatic carbocycles. The van der Waals surface area contributed by atoms with Crippen molar-refractivity contribution in [3.63, 3.8) is 0 Å². The lowest BCUT2D eigenvalue weighted by Crippen LogP contribution is -2.39. The predicted molar refractivity (Wildman–Crippen MR) is 32.6 cm³/mol. The Balaban J connectivity index is 2.40. The first-order chi connectivity index (χ1) is 3.77. The van der Waals surface area contributed by atoms with Crippen LogP contribution in [0.1, 0.15) is 19.8 Å². The first-order valence-corrected chi connectivity index (χ1v) is 3.13. The minimum absolute atomic E-state index is 0.0139. The quantitative estimate of drug-likeness (QED) is 0.540. The van der Waals surface area contributed by atoms with Crippen LogP contribution in [0, 0.1) is 0 Å². The lowest BCUT2D eigenvalue weighted by molar-refractivity contribution is 0.177. The molecule has 2 N–H and O–H groups in total. The summed E-state index contributed by atoms with van der Waals surface area (Å²) in [6.45, 7) is 3.71. The molecule has 1 atom stereocenters. The van der Waals surface area contributed by atoms with Gasteiger partial charge in [-0.3, -0.25) is 0 Å². The molecule has 0 saturated carbocycles. The molecule has 2 nitrogen and oxygen atoms in total. The predicted octanol–water partition coefficient (Wildman–Crippen LogP) is 0.514. The van der Waals surface area contributed by atoms with E-state index in [-0.39, 0.29) is 5.54 Å². The molecule has 0 aliphatic carbocycles. The Labute approximate surface area is 50.0 Å². The van der Waals surface area contributed by atoms with Crippen molar-refractivity contribution in [3.05, 3.63) is 0 Å². The number of rotatable bonds is 1. The maximum absolute atomic E-state index is 5.83. The van der Waals surface area contributed by atoms with E-state index in [0.29, 0.717) is 0 Å². The van der Waals surface area contributed by atoms with Gasteiger partial charge in [-0.05, 0) is 12.8 Å². The van der Waals surface area contributed by atoms with Gasteiger partial charge in [0.05, 0.1) is 6.61 Å². The smallest absolute Gasteiger partial charge is 0.0646 e. The van der Waals surface area contributed by atoms with Crippen LogP contribution in [0.25, 0.3) is 0 Å². The van der Waals surface area contributed by atoms with Gasteiger partial charge in [-0.25, -0.2) is 0 Å². The average molecular weight is 115 g/mol. The molecule has 8 heavy (non-hydrogen) atoms. The van der Waals surface area contributed by atoms with Crippen LogP contribution in [0.3, 0.4) is 0 Å². The molecule has 1 saturated heterocycles. The number of ether oxygens (including phenoxy) is 1. The summed E-state index contributed by atoms with van der Waals surface area (Å²) < 4.78 is 5.13. The summed E-state index contributed by atoms with van der Waals surface area (Å²) in [5.41, 5.74) is 5.85. The molecular formula is C6H13NO. The highest BCUT2D eigenvalue weighted by Gasteiger charge is 2.27. The Kier molecular flexibility index (Phi) is 1.54. The SMILES string of the molecule is CC[C@@]1(N)CCOC1. The number of hydrogen-bond acceptors (Lipinski definition) is 2. The molecule has 1 heterocycles. The standard InChI is InChI=1S/C6H13NO/c1-2-6(7)3-4-8-5-6/h2-5,7H2,1H3/t6-/m1/s1. The van der Waals surface area contributed by atoms with Gasteiger partial charge in [0, 0.05) is 12.1 Å². The lowest BCUT2D eigenvalue weighted by atomic mass is 9.97. The van der Waals surface area contributed by atoms with Crippen molar-refractivity contribution < 1.29 is 4.74 Å². The summed E-state index contributed by atoms with van der Waals surface area (Å²) in [5.74, 6) is 0. The molecule has 1 rings (SSSR count). The lowest BCUT2D eigenvalue weighted by Gasteiger charge is -2.17. The van der Waals surface area contributed by atoms with E-state index in [1.807, 2.05) is 0 Å². The Morgan fingerprint density at radius 3 is 2.75 bits per heavy atom. The van der Waals surface area contributed by atoms with Gasteiger partial charge >= 0.3 is 0 Å². The fourth-order valence-electron chi connectivity index (χ4n) is 0.902. The van der Waals surface area contributed by atoms with Gasteiger partial charge in [0.25, 0.3) is 0 Å². The summed E-state index contributed by atoms with van der Waals surface area (Å²) in [4.78, 5) is 0. The topological polar surface area (TPSA) is 35.2 Å². The third-order valence-electron chi connectivity index (χ3n) is 1.84. The molecule has 0 bridgehead atoms. The van der Waals surface area contributed by atoms with Crippen molar-refractivity contribution in [1.82, 2.24) is 0 Å². The van der Waals surface area contributed by atoms with Gasteiger partial charge in [0.2, 0.25) is 0 Å². The van der Waals surface area contributed by atoms with Gasteiger partial charge in [-0.2, -0.15) is 0 Å². The van der Waals surface area contributed by atoms with E-state index >= 15 is 0 Å². The number of nitrogens with two attached hydrogens (primary N) is 1. The van der Waals surface area contributed by atoms with E-state index in [4.69, 9.17) is 10.5 Å². The Morgan fingerprint density at radius 1 is 1.75 bits per heavy atom. The van der Waals surface area contributed by atoms with Crippen LogP contribution < -0.4 is 5.73 Å².